The first-order valence-corrected chi connectivity index (χ1v) is 6.02. The second-order valence-electron chi connectivity index (χ2n) is 4.92. The fourth-order valence-electron chi connectivity index (χ4n) is 1.75. The van der Waals surface area contributed by atoms with Gasteiger partial charge in [0.05, 0.1) is 12.6 Å². The normalized spacial score (nSPS) is 13.2. The fraction of sp³-hybridized carbons (Fsp3) is 0.571. The van der Waals surface area contributed by atoms with E-state index in [0.29, 0.717) is 11.8 Å². The van der Waals surface area contributed by atoms with E-state index in [9.17, 15) is 5.11 Å². The molecule has 1 aromatic rings. The van der Waals surface area contributed by atoms with Crippen molar-refractivity contribution >= 4 is 5.69 Å². The van der Waals surface area contributed by atoms with Crippen LogP contribution in [0.3, 0.4) is 0 Å². The summed E-state index contributed by atoms with van der Waals surface area (Å²) in [5.41, 5.74) is 2.45. The molecular formula is C14H23NO. The Balaban J connectivity index is 2.87. The van der Waals surface area contributed by atoms with Gasteiger partial charge in [0.15, 0.2) is 0 Å². The van der Waals surface area contributed by atoms with Gasteiger partial charge in [-0.15, -0.1) is 0 Å². The van der Waals surface area contributed by atoms with E-state index in [1.807, 2.05) is 6.07 Å². The number of anilines is 1. The van der Waals surface area contributed by atoms with E-state index >= 15 is 0 Å². The van der Waals surface area contributed by atoms with Crippen LogP contribution in [0.2, 0.25) is 0 Å². The number of hydrogen-bond donors (Lipinski definition) is 2. The molecule has 0 amide bonds. The molecule has 0 aliphatic carbocycles. The molecule has 90 valence electrons. The van der Waals surface area contributed by atoms with Gasteiger partial charge in [-0.25, -0.2) is 0 Å². The van der Waals surface area contributed by atoms with E-state index in [-0.39, 0.29) is 12.6 Å². The van der Waals surface area contributed by atoms with E-state index in [2.05, 4.69) is 51.2 Å². The highest BCUT2D eigenvalue weighted by molar-refractivity contribution is 5.53. The Hall–Kier alpha value is -1.02. The quantitative estimate of drug-likeness (QED) is 0.800. The Morgan fingerprint density at radius 1 is 1.12 bits per heavy atom. The molecule has 0 aliphatic rings. The molecule has 0 saturated heterocycles. The first-order valence-electron chi connectivity index (χ1n) is 6.02. The van der Waals surface area contributed by atoms with Crippen molar-refractivity contribution < 1.29 is 5.11 Å². The van der Waals surface area contributed by atoms with Gasteiger partial charge in [-0.1, -0.05) is 45.9 Å². The minimum absolute atomic E-state index is 0.125. The Morgan fingerprint density at radius 2 is 1.75 bits per heavy atom. The predicted molar refractivity (Wildman–Crippen MR) is 69.9 cm³/mol. The lowest BCUT2D eigenvalue weighted by molar-refractivity contribution is 0.249. The Labute approximate surface area is 98.7 Å². The molecule has 0 heterocycles. The average Bonchev–Trinajstić information content (AvgIpc) is 2.25. The van der Waals surface area contributed by atoms with Crippen LogP contribution in [0.4, 0.5) is 5.69 Å². The molecule has 2 heteroatoms. The van der Waals surface area contributed by atoms with Crippen molar-refractivity contribution in [3.8, 4) is 0 Å². The molecule has 1 rings (SSSR count). The minimum Gasteiger partial charge on any atom is -0.394 e. The zero-order valence-electron chi connectivity index (χ0n) is 10.7. The minimum atomic E-state index is 0.125. The number of para-hydroxylation sites is 1. The summed E-state index contributed by atoms with van der Waals surface area (Å²) in [5, 5.41) is 12.8. The summed E-state index contributed by atoms with van der Waals surface area (Å²) in [7, 11) is 0. The largest absolute Gasteiger partial charge is 0.394 e. The van der Waals surface area contributed by atoms with Crippen LogP contribution >= 0.6 is 0 Å². The molecular weight excluding hydrogens is 198 g/mol. The Kier molecular flexibility index (Phi) is 4.81. The van der Waals surface area contributed by atoms with Gasteiger partial charge < -0.3 is 10.4 Å². The maximum absolute atomic E-state index is 9.32. The summed E-state index contributed by atoms with van der Waals surface area (Å²) in [6, 6.07) is 8.44. The lowest BCUT2D eigenvalue weighted by Gasteiger charge is -2.24. The average molecular weight is 221 g/mol. The molecule has 0 aromatic heterocycles. The van der Waals surface area contributed by atoms with Crippen LogP contribution in [-0.4, -0.2) is 17.8 Å². The van der Waals surface area contributed by atoms with Crippen molar-refractivity contribution in [2.24, 2.45) is 5.92 Å². The van der Waals surface area contributed by atoms with Crippen molar-refractivity contribution in [3.63, 3.8) is 0 Å². The molecule has 0 spiro atoms. The third-order valence-electron chi connectivity index (χ3n) is 2.93. The molecule has 1 unspecified atom stereocenters. The molecule has 2 nitrogen and oxygen atoms in total. The SMILES string of the molecule is CC(C)c1ccccc1NC(CO)C(C)C. The van der Waals surface area contributed by atoms with Crippen LogP contribution in [0.1, 0.15) is 39.2 Å². The summed E-state index contributed by atoms with van der Waals surface area (Å²) < 4.78 is 0. The number of aliphatic hydroxyl groups is 1. The van der Waals surface area contributed by atoms with Gasteiger partial charge in [0.1, 0.15) is 0 Å². The molecule has 2 N–H and O–H groups in total. The van der Waals surface area contributed by atoms with Crippen LogP contribution in [0.25, 0.3) is 0 Å². The highest BCUT2D eigenvalue weighted by atomic mass is 16.3. The highest BCUT2D eigenvalue weighted by Gasteiger charge is 2.14. The molecule has 0 bridgehead atoms. The second-order valence-corrected chi connectivity index (χ2v) is 4.92. The van der Waals surface area contributed by atoms with E-state index in [4.69, 9.17) is 0 Å². The summed E-state index contributed by atoms with van der Waals surface area (Å²) in [6.07, 6.45) is 0. The smallest absolute Gasteiger partial charge is 0.0635 e. The number of nitrogens with one attached hydrogen (secondary N) is 1. The summed E-state index contributed by atoms with van der Waals surface area (Å²) in [4.78, 5) is 0. The monoisotopic (exact) mass is 221 g/mol. The predicted octanol–water partition coefficient (Wildman–Crippen LogP) is 3.24. The van der Waals surface area contributed by atoms with Gasteiger partial charge in [0, 0.05) is 5.69 Å². The van der Waals surface area contributed by atoms with E-state index < -0.39 is 0 Å². The van der Waals surface area contributed by atoms with E-state index in [0.717, 1.165) is 5.69 Å². The van der Waals surface area contributed by atoms with Crippen LogP contribution in [0.15, 0.2) is 24.3 Å². The third kappa shape index (κ3) is 3.24. The summed E-state index contributed by atoms with van der Waals surface area (Å²) >= 11 is 0. The van der Waals surface area contributed by atoms with Crippen molar-refractivity contribution in [1.82, 2.24) is 0 Å². The number of rotatable bonds is 5. The third-order valence-corrected chi connectivity index (χ3v) is 2.93. The van der Waals surface area contributed by atoms with Crippen molar-refractivity contribution in [1.29, 1.82) is 0 Å². The maximum Gasteiger partial charge on any atom is 0.0635 e. The molecule has 0 radical (unpaired) electrons. The fourth-order valence-corrected chi connectivity index (χ4v) is 1.75. The van der Waals surface area contributed by atoms with Gasteiger partial charge in [-0.3, -0.25) is 0 Å². The molecule has 0 aliphatic heterocycles. The lowest BCUT2D eigenvalue weighted by Crippen LogP contribution is -2.29. The zero-order chi connectivity index (χ0) is 12.1. The van der Waals surface area contributed by atoms with Gasteiger partial charge in [-0.2, -0.15) is 0 Å². The Bertz CT molecular complexity index is 320. The standard InChI is InChI=1S/C14H23NO/c1-10(2)12-7-5-6-8-13(12)15-14(9-16)11(3)4/h5-8,10-11,14-16H,9H2,1-4H3. The summed E-state index contributed by atoms with van der Waals surface area (Å²) in [6.45, 7) is 8.77. The molecule has 1 atom stereocenters. The number of aliphatic hydroxyl groups excluding tert-OH is 1. The van der Waals surface area contributed by atoms with Crippen molar-refractivity contribution in [3.05, 3.63) is 29.8 Å². The van der Waals surface area contributed by atoms with Crippen LogP contribution in [0.5, 0.6) is 0 Å². The van der Waals surface area contributed by atoms with Gasteiger partial charge in [0.25, 0.3) is 0 Å². The maximum atomic E-state index is 9.32. The lowest BCUT2D eigenvalue weighted by atomic mass is 9.99. The first kappa shape index (κ1) is 13.0. The second kappa shape index (κ2) is 5.90. The van der Waals surface area contributed by atoms with Gasteiger partial charge >= 0.3 is 0 Å². The molecule has 16 heavy (non-hydrogen) atoms. The first-order chi connectivity index (χ1) is 7.56. The molecule has 0 fully saturated rings. The van der Waals surface area contributed by atoms with Crippen LogP contribution in [-0.2, 0) is 0 Å². The zero-order valence-corrected chi connectivity index (χ0v) is 10.7. The van der Waals surface area contributed by atoms with Crippen LogP contribution < -0.4 is 5.32 Å². The van der Waals surface area contributed by atoms with Gasteiger partial charge in [0.2, 0.25) is 0 Å². The molecule has 1 aromatic carbocycles. The van der Waals surface area contributed by atoms with Crippen molar-refractivity contribution in [2.45, 2.75) is 39.7 Å². The van der Waals surface area contributed by atoms with Gasteiger partial charge in [-0.05, 0) is 23.5 Å². The van der Waals surface area contributed by atoms with E-state index in [1.165, 1.54) is 5.56 Å². The topological polar surface area (TPSA) is 32.3 Å². The number of benzene rings is 1. The van der Waals surface area contributed by atoms with Crippen LogP contribution in [0, 0.1) is 5.92 Å². The molecule has 0 saturated carbocycles. The Morgan fingerprint density at radius 3 is 2.25 bits per heavy atom. The number of hydrogen-bond acceptors (Lipinski definition) is 2. The van der Waals surface area contributed by atoms with E-state index in [1.54, 1.807) is 0 Å². The highest BCUT2D eigenvalue weighted by Crippen LogP contribution is 2.25. The van der Waals surface area contributed by atoms with Crippen molar-refractivity contribution in [2.75, 3.05) is 11.9 Å². The summed E-state index contributed by atoms with van der Waals surface area (Å²) in [5.74, 6) is 0.917.